The van der Waals surface area contributed by atoms with Gasteiger partial charge in [0.25, 0.3) is 0 Å². The third-order valence-corrected chi connectivity index (χ3v) is 6.49. The molecule has 1 atom stereocenters. The topological polar surface area (TPSA) is 63.4 Å². The van der Waals surface area contributed by atoms with Crippen molar-refractivity contribution in [2.75, 3.05) is 12.8 Å². The molecular formula is C12H17BrClFN2O2S. The molecule has 0 fully saturated rings. The van der Waals surface area contributed by atoms with Crippen molar-refractivity contribution in [2.45, 2.75) is 37.6 Å². The number of benzene rings is 1. The molecule has 0 radical (unpaired) electrons. The monoisotopic (exact) mass is 386 g/mol. The summed E-state index contributed by atoms with van der Waals surface area (Å²) >= 11 is 8.88. The third-order valence-electron chi connectivity index (χ3n) is 3.14. The highest BCUT2D eigenvalue weighted by Gasteiger charge is 2.30. The van der Waals surface area contributed by atoms with Gasteiger partial charge in [-0.05, 0) is 35.3 Å². The minimum absolute atomic E-state index is 0.0546. The van der Waals surface area contributed by atoms with E-state index >= 15 is 0 Å². The van der Waals surface area contributed by atoms with Crippen LogP contribution in [0.1, 0.15) is 26.7 Å². The second kappa shape index (κ2) is 6.60. The SMILES string of the molecule is CCCC(C)N(C)S(=O)(=O)c1cc(Cl)c(Br)c(N)c1F. The van der Waals surface area contributed by atoms with Gasteiger partial charge in [0, 0.05) is 13.1 Å². The molecule has 8 heteroatoms. The van der Waals surface area contributed by atoms with Gasteiger partial charge < -0.3 is 5.73 Å². The fourth-order valence-electron chi connectivity index (χ4n) is 1.78. The van der Waals surface area contributed by atoms with Crippen LogP contribution in [0, 0.1) is 5.82 Å². The predicted octanol–water partition coefficient (Wildman–Crippen LogP) is 3.63. The van der Waals surface area contributed by atoms with Crippen LogP contribution in [0.3, 0.4) is 0 Å². The molecule has 4 nitrogen and oxygen atoms in total. The van der Waals surface area contributed by atoms with Crippen molar-refractivity contribution < 1.29 is 12.8 Å². The molecule has 0 aromatic heterocycles. The number of sulfonamides is 1. The van der Waals surface area contributed by atoms with Gasteiger partial charge in [-0.1, -0.05) is 24.9 Å². The summed E-state index contributed by atoms with van der Waals surface area (Å²) < 4.78 is 40.3. The first-order valence-electron chi connectivity index (χ1n) is 6.05. The Hall–Kier alpha value is -0.370. The number of halogens is 3. The van der Waals surface area contributed by atoms with Crippen molar-refractivity contribution in [1.82, 2.24) is 4.31 Å². The van der Waals surface area contributed by atoms with Crippen LogP contribution in [-0.4, -0.2) is 25.8 Å². The molecule has 1 aromatic rings. The van der Waals surface area contributed by atoms with Gasteiger partial charge in [-0.3, -0.25) is 0 Å². The lowest BCUT2D eigenvalue weighted by atomic mass is 10.2. The fourth-order valence-corrected chi connectivity index (χ4v) is 3.84. The molecule has 1 unspecified atom stereocenters. The van der Waals surface area contributed by atoms with Crippen LogP contribution in [0.2, 0.25) is 5.02 Å². The predicted molar refractivity (Wildman–Crippen MR) is 82.8 cm³/mol. The minimum atomic E-state index is -3.98. The largest absolute Gasteiger partial charge is 0.395 e. The molecular weight excluding hydrogens is 371 g/mol. The molecule has 2 N–H and O–H groups in total. The van der Waals surface area contributed by atoms with Crippen LogP contribution in [0.15, 0.2) is 15.4 Å². The molecule has 0 amide bonds. The van der Waals surface area contributed by atoms with Crippen LogP contribution in [0.4, 0.5) is 10.1 Å². The highest BCUT2D eigenvalue weighted by Crippen LogP contribution is 2.35. The zero-order chi connectivity index (χ0) is 15.7. The Morgan fingerprint density at radius 2 is 2.10 bits per heavy atom. The number of hydrogen-bond acceptors (Lipinski definition) is 3. The Bertz CT molecular complexity index is 610. The van der Waals surface area contributed by atoms with E-state index in [-0.39, 0.29) is 21.2 Å². The van der Waals surface area contributed by atoms with E-state index in [1.807, 2.05) is 6.92 Å². The first kappa shape index (κ1) is 17.7. The zero-order valence-corrected chi connectivity index (χ0v) is 14.6. The van der Waals surface area contributed by atoms with Gasteiger partial charge in [-0.15, -0.1) is 0 Å². The van der Waals surface area contributed by atoms with E-state index < -0.39 is 20.7 Å². The third kappa shape index (κ3) is 3.27. The summed E-state index contributed by atoms with van der Waals surface area (Å²) in [5, 5.41) is 0.0546. The fraction of sp³-hybridized carbons (Fsp3) is 0.500. The Labute approximate surface area is 132 Å². The van der Waals surface area contributed by atoms with Crippen LogP contribution in [0.5, 0.6) is 0 Å². The molecule has 0 aliphatic heterocycles. The van der Waals surface area contributed by atoms with Crippen molar-refractivity contribution >= 4 is 43.2 Å². The van der Waals surface area contributed by atoms with Gasteiger partial charge in [0.1, 0.15) is 4.90 Å². The Balaban J connectivity index is 3.37. The summed E-state index contributed by atoms with van der Waals surface area (Å²) in [6.45, 7) is 3.72. The maximum Gasteiger partial charge on any atom is 0.246 e. The molecule has 0 saturated heterocycles. The average molecular weight is 388 g/mol. The smallest absolute Gasteiger partial charge is 0.246 e. The Morgan fingerprint density at radius 1 is 1.55 bits per heavy atom. The number of nitrogens with zero attached hydrogens (tertiary/aromatic N) is 1. The number of nitrogens with two attached hydrogens (primary N) is 1. The van der Waals surface area contributed by atoms with Gasteiger partial charge in [-0.2, -0.15) is 4.31 Å². The first-order valence-corrected chi connectivity index (χ1v) is 8.66. The molecule has 0 aliphatic carbocycles. The van der Waals surface area contributed by atoms with E-state index in [1.54, 1.807) is 6.92 Å². The lowest BCUT2D eigenvalue weighted by Gasteiger charge is -2.24. The molecule has 114 valence electrons. The van der Waals surface area contributed by atoms with Gasteiger partial charge in [-0.25, -0.2) is 12.8 Å². The van der Waals surface area contributed by atoms with Crippen molar-refractivity contribution in [3.63, 3.8) is 0 Å². The van der Waals surface area contributed by atoms with Crippen LogP contribution < -0.4 is 5.73 Å². The van der Waals surface area contributed by atoms with E-state index in [9.17, 15) is 12.8 Å². The summed E-state index contributed by atoms with van der Waals surface area (Å²) in [6.07, 6.45) is 1.50. The standard InChI is InChI=1S/C12H17BrClFN2O2S/c1-4-5-7(2)17(3)20(18,19)9-6-8(14)10(13)12(16)11(9)15/h6-7H,4-5,16H2,1-3H3. The van der Waals surface area contributed by atoms with Crippen LogP contribution in [-0.2, 0) is 10.0 Å². The Kier molecular flexibility index (Phi) is 5.83. The van der Waals surface area contributed by atoms with Gasteiger partial charge in [0.15, 0.2) is 5.82 Å². The maximum absolute atomic E-state index is 14.1. The minimum Gasteiger partial charge on any atom is -0.395 e. The number of hydrogen-bond donors (Lipinski definition) is 1. The molecule has 0 spiro atoms. The number of nitrogen functional groups attached to an aromatic ring is 1. The van der Waals surface area contributed by atoms with Crippen LogP contribution in [0.25, 0.3) is 0 Å². The molecule has 0 saturated carbocycles. The van der Waals surface area contributed by atoms with E-state index in [1.165, 1.54) is 7.05 Å². The van der Waals surface area contributed by atoms with Crippen molar-refractivity contribution in [2.24, 2.45) is 0 Å². The summed E-state index contributed by atoms with van der Waals surface area (Å²) in [4.78, 5) is -0.506. The maximum atomic E-state index is 14.1. The highest BCUT2D eigenvalue weighted by molar-refractivity contribution is 9.10. The highest BCUT2D eigenvalue weighted by atomic mass is 79.9. The molecule has 1 rings (SSSR count). The summed E-state index contributed by atoms with van der Waals surface area (Å²) in [6, 6.07) is 0.829. The van der Waals surface area contributed by atoms with E-state index in [4.69, 9.17) is 17.3 Å². The van der Waals surface area contributed by atoms with Crippen molar-refractivity contribution in [3.05, 3.63) is 21.4 Å². The van der Waals surface area contributed by atoms with Gasteiger partial charge >= 0.3 is 0 Å². The average Bonchev–Trinajstić information content (AvgIpc) is 2.39. The van der Waals surface area contributed by atoms with E-state index in [0.717, 1.165) is 16.8 Å². The molecule has 0 bridgehead atoms. The lowest BCUT2D eigenvalue weighted by molar-refractivity contribution is 0.366. The van der Waals surface area contributed by atoms with Gasteiger partial charge in [0.2, 0.25) is 10.0 Å². The summed E-state index contributed by atoms with van der Waals surface area (Å²) in [5.74, 6) is -0.989. The van der Waals surface area contributed by atoms with Crippen molar-refractivity contribution in [3.8, 4) is 0 Å². The normalized spacial score (nSPS) is 13.8. The first-order chi connectivity index (χ1) is 9.14. The molecule has 0 heterocycles. The quantitative estimate of drug-likeness (QED) is 0.620. The summed E-state index contributed by atoms with van der Waals surface area (Å²) in [5.41, 5.74) is 5.21. The lowest BCUT2D eigenvalue weighted by Crippen LogP contribution is -2.35. The Morgan fingerprint density at radius 3 is 2.60 bits per heavy atom. The number of anilines is 1. The second-order valence-corrected chi connectivity index (χ2v) is 7.72. The van der Waals surface area contributed by atoms with Crippen molar-refractivity contribution in [1.29, 1.82) is 0 Å². The molecule has 20 heavy (non-hydrogen) atoms. The second-order valence-electron chi connectivity index (χ2n) is 4.56. The molecule has 0 aliphatic rings. The van der Waals surface area contributed by atoms with E-state index in [2.05, 4.69) is 15.9 Å². The summed E-state index contributed by atoms with van der Waals surface area (Å²) in [7, 11) is -2.56. The molecule has 1 aromatic carbocycles. The van der Waals surface area contributed by atoms with Gasteiger partial charge in [0.05, 0.1) is 15.2 Å². The van der Waals surface area contributed by atoms with Crippen LogP contribution >= 0.6 is 27.5 Å². The number of rotatable bonds is 5. The van der Waals surface area contributed by atoms with E-state index in [0.29, 0.717) is 6.42 Å². The zero-order valence-electron chi connectivity index (χ0n) is 11.5.